The average molecular weight is 493 g/mol. The average Bonchev–Trinajstić information content (AvgIpc) is 3.17. The van der Waals surface area contributed by atoms with E-state index in [1.54, 1.807) is 11.8 Å². The minimum Gasteiger partial charge on any atom is -0.490 e. The van der Waals surface area contributed by atoms with Crippen LogP contribution in [0.15, 0.2) is 93.8 Å². The van der Waals surface area contributed by atoms with Gasteiger partial charge in [0, 0.05) is 9.79 Å². The topological polar surface area (TPSA) is 77.0 Å². The molecule has 0 radical (unpaired) electrons. The van der Waals surface area contributed by atoms with E-state index >= 15 is 0 Å². The van der Waals surface area contributed by atoms with Gasteiger partial charge in [0.1, 0.15) is 12.4 Å². The van der Waals surface area contributed by atoms with E-state index in [0.29, 0.717) is 25.4 Å². The first-order valence-corrected chi connectivity index (χ1v) is 12.5. The second-order valence-electron chi connectivity index (χ2n) is 7.53. The predicted molar refractivity (Wildman–Crippen MR) is 136 cm³/mol. The zero-order valence-electron chi connectivity index (χ0n) is 18.6. The molecule has 174 valence electrons. The number of hydrogen-bond donors (Lipinski definition) is 1. The molecule has 1 N–H and O–H groups in total. The Kier molecular flexibility index (Phi) is 8.27. The van der Waals surface area contributed by atoms with Crippen LogP contribution in [0.1, 0.15) is 18.1 Å². The van der Waals surface area contributed by atoms with E-state index in [9.17, 15) is 9.59 Å². The maximum absolute atomic E-state index is 11.7. The van der Waals surface area contributed by atoms with Gasteiger partial charge in [0.05, 0.1) is 11.0 Å². The van der Waals surface area contributed by atoms with Gasteiger partial charge in [0.15, 0.2) is 6.61 Å². The summed E-state index contributed by atoms with van der Waals surface area (Å²) in [4.78, 5) is 30.7. The van der Waals surface area contributed by atoms with Crippen LogP contribution in [0.25, 0.3) is 0 Å². The summed E-state index contributed by atoms with van der Waals surface area (Å²) in [6, 6.07) is 26.0. The molecule has 0 aromatic heterocycles. The van der Waals surface area contributed by atoms with Crippen LogP contribution in [0.3, 0.4) is 0 Å². The first-order chi connectivity index (χ1) is 16.6. The standard InChI is InChI=1S/C26H24N2O4S2/c1-18(20-9-13-23(14-10-20)33-22-5-3-2-4-6-22)28-32-16-15-31-21-11-7-19(8-12-21)17-24-25(29)27-26(30)34-24/h2-14,24H,15-17H2,1H3,(H,27,29,30). The second kappa shape index (κ2) is 11.8. The summed E-state index contributed by atoms with van der Waals surface area (Å²) < 4.78 is 5.69. The Labute approximate surface area is 207 Å². The lowest BCUT2D eigenvalue weighted by Gasteiger charge is -2.08. The molecule has 0 saturated carbocycles. The monoisotopic (exact) mass is 492 g/mol. The minimum atomic E-state index is -0.368. The zero-order chi connectivity index (χ0) is 23.8. The van der Waals surface area contributed by atoms with Crippen LogP contribution >= 0.6 is 23.5 Å². The molecule has 4 rings (SSSR count). The number of benzene rings is 3. The van der Waals surface area contributed by atoms with Crippen molar-refractivity contribution in [3.05, 3.63) is 90.0 Å². The van der Waals surface area contributed by atoms with E-state index in [-0.39, 0.29) is 16.4 Å². The van der Waals surface area contributed by atoms with Gasteiger partial charge >= 0.3 is 0 Å². The summed E-state index contributed by atoms with van der Waals surface area (Å²) in [7, 11) is 0. The van der Waals surface area contributed by atoms with Gasteiger partial charge in [-0.25, -0.2) is 0 Å². The lowest BCUT2D eigenvalue weighted by molar-refractivity contribution is -0.118. The molecule has 8 heteroatoms. The van der Waals surface area contributed by atoms with E-state index in [2.05, 4.69) is 34.7 Å². The molecular weight excluding hydrogens is 468 g/mol. The van der Waals surface area contributed by atoms with E-state index in [1.165, 1.54) is 9.79 Å². The Morgan fingerprint density at radius 3 is 2.32 bits per heavy atom. The Balaban J connectivity index is 1.18. The Morgan fingerprint density at radius 1 is 0.941 bits per heavy atom. The van der Waals surface area contributed by atoms with Gasteiger partial charge < -0.3 is 9.57 Å². The number of nitrogens with one attached hydrogen (secondary N) is 1. The fourth-order valence-electron chi connectivity index (χ4n) is 3.24. The summed E-state index contributed by atoms with van der Waals surface area (Å²) in [6.45, 7) is 2.59. The molecule has 1 saturated heterocycles. The number of hydrogen-bond acceptors (Lipinski definition) is 7. The summed E-state index contributed by atoms with van der Waals surface area (Å²) in [5.74, 6) is 0.476. The van der Waals surface area contributed by atoms with Crippen molar-refractivity contribution < 1.29 is 19.2 Å². The maximum atomic E-state index is 11.7. The summed E-state index contributed by atoms with van der Waals surface area (Å²) in [5, 5.41) is 5.84. The van der Waals surface area contributed by atoms with Crippen LogP contribution in [-0.2, 0) is 16.1 Å². The van der Waals surface area contributed by atoms with Crippen molar-refractivity contribution in [2.45, 2.75) is 28.4 Å². The van der Waals surface area contributed by atoms with Gasteiger partial charge in [-0.1, -0.05) is 71.1 Å². The molecule has 3 aromatic rings. The van der Waals surface area contributed by atoms with E-state index in [1.807, 2.05) is 61.5 Å². The van der Waals surface area contributed by atoms with Gasteiger partial charge in [-0.3, -0.25) is 14.9 Å². The highest BCUT2D eigenvalue weighted by molar-refractivity contribution is 8.15. The lowest BCUT2D eigenvalue weighted by atomic mass is 10.1. The van der Waals surface area contributed by atoms with E-state index in [4.69, 9.17) is 9.57 Å². The van der Waals surface area contributed by atoms with E-state index in [0.717, 1.165) is 28.6 Å². The number of imide groups is 1. The van der Waals surface area contributed by atoms with Gasteiger partial charge in [-0.2, -0.15) is 0 Å². The van der Waals surface area contributed by atoms with Crippen LogP contribution < -0.4 is 10.1 Å². The molecule has 6 nitrogen and oxygen atoms in total. The highest BCUT2D eigenvalue weighted by Gasteiger charge is 2.31. The molecule has 1 fully saturated rings. The molecule has 1 aliphatic heterocycles. The van der Waals surface area contributed by atoms with Crippen LogP contribution in [0, 0.1) is 0 Å². The molecule has 0 bridgehead atoms. The lowest BCUT2D eigenvalue weighted by Crippen LogP contribution is -2.25. The summed E-state index contributed by atoms with van der Waals surface area (Å²) in [5.41, 5.74) is 2.78. The van der Waals surface area contributed by atoms with Crippen LogP contribution in [0.4, 0.5) is 4.79 Å². The van der Waals surface area contributed by atoms with E-state index < -0.39 is 0 Å². The predicted octanol–water partition coefficient (Wildman–Crippen LogP) is 5.55. The van der Waals surface area contributed by atoms with Crippen molar-refractivity contribution in [3.8, 4) is 5.75 Å². The van der Waals surface area contributed by atoms with Gasteiger partial charge in [0.25, 0.3) is 5.24 Å². The van der Waals surface area contributed by atoms with Crippen molar-refractivity contribution in [1.82, 2.24) is 5.32 Å². The largest absolute Gasteiger partial charge is 0.490 e. The van der Waals surface area contributed by atoms with Gasteiger partial charge in [-0.05, 0) is 60.9 Å². The second-order valence-corrected chi connectivity index (χ2v) is 9.85. The maximum Gasteiger partial charge on any atom is 0.286 e. The minimum absolute atomic E-state index is 0.231. The third-order valence-electron chi connectivity index (χ3n) is 5.01. The van der Waals surface area contributed by atoms with Crippen molar-refractivity contribution >= 4 is 40.4 Å². The first-order valence-electron chi connectivity index (χ1n) is 10.8. The normalized spacial score (nSPS) is 15.8. The zero-order valence-corrected chi connectivity index (χ0v) is 20.2. The number of rotatable bonds is 10. The van der Waals surface area contributed by atoms with Gasteiger partial charge in [-0.15, -0.1) is 0 Å². The molecule has 3 aromatic carbocycles. The van der Waals surface area contributed by atoms with Crippen molar-refractivity contribution in [2.75, 3.05) is 13.2 Å². The number of oxime groups is 1. The third kappa shape index (κ3) is 6.88. The van der Waals surface area contributed by atoms with Crippen molar-refractivity contribution in [2.24, 2.45) is 5.16 Å². The van der Waals surface area contributed by atoms with Crippen LogP contribution in [-0.4, -0.2) is 35.3 Å². The molecule has 2 amide bonds. The number of nitrogens with zero attached hydrogens (tertiary/aromatic N) is 1. The molecule has 1 atom stereocenters. The summed E-state index contributed by atoms with van der Waals surface area (Å²) >= 11 is 2.75. The highest BCUT2D eigenvalue weighted by atomic mass is 32.2. The Hall–Kier alpha value is -3.23. The van der Waals surface area contributed by atoms with Crippen molar-refractivity contribution in [1.29, 1.82) is 0 Å². The molecule has 0 spiro atoms. The van der Waals surface area contributed by atoms with Crippen LogP contribution in [0.5, 0.6) is 5.75 Å². The fraction of sp³-hybridized carbons (Fsp3) is 0.192. The fourth-order valence-corrected chi connectivity index (χ4v) is 4.94. The first kappa shape index (κ1) is 23.9. The quantitative estimate of drug-likeness (QED) is 0.227. The molecule has 1 unspecified atom stereocenters. The molecular formula is C26H24N2O4S2. The Morgan fingerprint density at radius 2 is 1.65 bits per heavy atom. The highest BCUT2D eigenvalue weighted by Crippen LogP contribution is 2.27. The SMILES string of the molecule is CC(=NOCCOc1ccc(CC2SC(=O)NC2=O)cc1)c1ccc(Sc2ccccc2)cc1. The number of amides is 2. The smallest absolute Gasteiger partial charge is 0.286 e. The number of thioether (sulfide) groups is 1. The number of carbonyl (C=O) groups excluding carboxylic acids is 2. The Bertz CT molecular complexity index is 1150. The third-order valence-corrected chi connectivity index (χ3v) is 7.00. The summed E-state index contributed by atoms with van der Waals surface area (Å²) in [6.07, 6.45) is 0.506. The number of ether oxygens (including phenoxy) is 1. The number of carbonyl (C=O) groups is 2. The molecule has 0 aliphatic carbocycles. The molecule has 34 heavy (non-hydrogen) atoms. The van der Waals surface area contributed by atoms with Crippen molar-refractivity contribution in [3.63, 3.8) is 0 Å². The molecule has 1 aliphatic rings. The van der Waals surface area contributed by atoms with Crippen LogP contribution in [0.2, 0.25) is 0 Å². The molecule has 1 heterocycles. The van der Waals surface area contributed by atoms with Gasteiger partial charge in [0.2, 0.25) is 5.91 Å².